The van der Waals surface area contributed by atoms with Crippen LogP contribution in [0.2, 0.25) is 0 Å². The molecule has 4 nitrogen and oxygen atoms in total. The zero-order chi connectivity index (χ0) is 15.4. The van der Waals surface area contributed by atoms with Gasteiger partial charge in [0.05, 0.1) is 13.2 Å². The van der Waals surface area contributed by atoms with Crippen molar-refractivity contribution in [3.8, 4) is 5.75 Å². The summed E-state index contributed by atoms with van der Waals surface area (Å²) in [5.74, 6) is 1.39. The number of methoxy groups -OCH3 is 1. The number of nitrogens with one attached hydrogen (secondary N) is 1. The first-order chi connectivity index (χ1) is 10.8. The average Bonchev–Trinajstić information content (AvgIpc) is 3.00. The molecule has 1 saturated heterocycles. The van der Waals surface area contributed by atoms with Gasteiger partial charge in [-0.1, -0.05) is 24.6 Å². The number of amides is 1. The molecular formula is C18H26N2O2. The molecule has 0 aromatic heterocycles. The summed E-state index contributed by atoms with van der Waals surface area (Å²) in [5, 5.41) is 3.18. The SMILES string of the molecule is COc1ccccc1C(CNC(=O)C1CCC1)N1CCCC1. The zero-order valence-corrected chi connectivity index (χ0v) is 13.4. The van der Waals surface area contributed by atoms with Crippen molar-refractivity contribution in [2.75, 3.05) is 26.7 Å². The Bertz CT molecular complexity index is 508. The largest absolute Gasteiger partial charge is 0.496 e. The number of para-hydroxylation sites is 1. The summed E-state index contributed by atoms with van der Waals surface area (Å²) in [4.78, 5) is 14.6. The van der Waals surface area contributed by atoms with Crippen LogP contribution in [0.25, 0.3) is 0 Å². The fourth-order valence-electron chi connectivity index (χ4n) is 3.44. The molecule has 1 aliphatic carbocycles. The van der Waals surface area contributed by atoms with Crippen molar-refractivity contribution in [2.45, 2.75) is 38.1 Å². The van der Waals surface area contributed by atoms with E-state index in [1.54, 1.807) is 7.11 Å². The Hall–Kier alpha value is -1.55. The normalized spacial score (nSPS) is 20.4. The molecule has 1 unspecified atom stereocenters. The summed E-state index contributed by atoms with van der Waals surface area (Å²) in [6.07, 6.45) is 5.77. The maximum atomic E-state index is 12.2. The molecule has 2 fully saturated rings. The molecule has 1 saturated carbocycles. The number of hydrogen-bond acceptors (Lipinski definition) is 3. The van der Waals surface area contributed by atoms with Gasteiger partial charge in [0.2, 0.25) is 5.91 Å². The molecule has 1 atom stereocenters. The van der Waals surface area contributed by atoms with Crippen molar-refractivity contribution in [1.82, 2.24) is 10.2 Å². The van der Waals surface area contributed by atoms with E-state index in [0.717, 1.165) is 31.7 Å². The maximum Gasteiger partial charge on any atom is 0.223 e. The van der Waals surface area contributed by atoms with E-state index in [2.05, 4.69) is 22.3 Å². The molecule has 120 valence electrons. The van der Waals surface area contributed by atoms with Gasteiger partial charge in [0.25, 0.3) is 0 Å². The molecule has 0 radical (unpaired) electrons. The van der Waals surface area contributed by atoms with Gasteiger partial charge in [-0.25, -0.2) is 0 Å². The lowest BCUT2D eigenvalue weighted by Crippen LogP contribution is -2.40. The van der Waals surface area contributed by atoms with E-state index in [0.29, 0.717) is 6.54 Å². The molecule has 1 N–H and O–H groups in total. The van der Waals surface area contributed by atoms with Crippen LogP contribution in [0.3, 0.4) is 0 Å². The number of hydrogen-bond donors (Lipinski definition) is 1. The van der Waals surface area contributed by atoms with Crippen LogP contribution in [-0.2, 0) is 4.79 Å². The summed E-state index contributed by atoms with van der Waals surface area (Å²) in [6.45, 7) is 2.87. The molecule has 3 rings (SSSR count). The first-order valence-corrected chi connectivity index (χ1v) is 8.44. The second-order valence-electron chi connectivity index (χ2n) is 6.37. The first kappa shape index (κ1) is 15.3. The monoisotopic (exact) mass is 302 g/mol. The highest BCUT2D eigenvalue weighted by atomic mass is 16.5. The molecule has 1 aromatic rings. The topological polar surface area (TPSA) is 41.6 Å². The summed E-state index contributed by atoms with van der Waals surface area (Å²) in [7, 11) is 1.72. The smallest absolute Gasteiger partial charge is 0.223 e. The minimum absolute atomic E-state index is 0.211. The Morgan fingerprint density at radius 2 is 2.00 bits per heavy atom. The van der Waals surface area contributed by atoms with Gasteiger partial charge in [0.1, 0.15) is 5.75 Å². The Labute approximate surface area is 132 Å². The molecule has 1 amide bonds. The number of rotatable bonds is 6. The average molecular weight is 302 g/mol. The molecule has 1 heterocycles. The van der Waals surface area contributed by atoms with Crippen LogP contribution in [0, 0.1) is 5.92 Å². The minimum atomic E-state index is 0.211. The Kier molecular flexibility index (Phi) is 4.98. The molecule has 2 aliphatic rings. The van der Waals surface area contributed by atoms with Crippen LogP contribution in [0.4, 0.5) is 0 Å². The fourth-order valence-corrected chi connectivity index (χ4v) is 3.44. The lowest BCUT2D eigenvalue weighted by molar-refractivity contribution is -0.127. The third-order valence-corrected chi connectivity index (χ3v) is 5.02. The lowest BCUT2D eigenvalue weighted by Gasteiger charge is -2.31. The van der Waals surface area contributed by atoms with Crippen LogP contribution < -0.4 is 10.1 Å². The van der Waals surface area contributed by atoms with Gasteiger partial charge in [-0.05, 0) is 44.8 Å². The number of carbonyl (C=O) groups excluding carboxylic acids is 1. The van der Waals surface area contributed by atoms with Gasteiger partial charge in [-0.2, -0.15) is 0 Å². The van der Waals surface area contributed by atoms with Crippen LogP contribution in [0.15, 0.2) is 24.3 Å². The van der Waals surface area contributed by atoms with E-state index in [4.69, 9.17) is 4.74 Å². The number of benzene rings is 1. The standard InChI is InChI=1S/C18H26N2O2/c1-22-17-10-3-2-9-15(17)16(20-11-4-5-12-20)13-19-18(21)14-7-6-8-14/h2-3,9-10,14,16H,4-8,11-13H2,1H3,(H,19,21). The van der Waals surface area contributed by atoms with Gasteiger partial charge in [-0.15, -0.1) is 0 Å². The predicted molar refractivity (Wildman–Crippen MR) is 86.9 cm³/mol. The van der Waals surface area contributed by atoms with E-state index in [1.165, 1.54) is 24.8 Å². The van der Waals surface area contributed by atoms with Gasteiger partial charge in [0.15, 0.2) is 0 Å². The van der Waals surface area contributed by atoms with Gasteiger partial charge < -0.3 is 10.1 Å². The van der Waals surface area contributed by atoms with Crippen molar-refractivity contribution in [3.63, 3.8) is 0 Å². The van der Waals surface area contributed by atoms with Gasteiger partial charge >= 0.3 is 0 Å². The highest BCUT2D eigenvalue weighted by molar-refractivity contribution is 5.79. The van der Waals surface area contributed by atoms with Crippen LogP contribution in [0.5, 0.6) is 5.75 Å². The van der Waals surface area contributed by atoms with Crippen molar-refractivity contribution in [1.29, 1.82) is 0 Å². The molecule has 22 heavy (non-hydrogen) atoms. The lowest BCUT2D eigenvalue weighted by atomic mass is 9.85. The van der Waals surface area contributed by atoms with E-state index < -0.39 is 0 Å². The summed E-state index contributed by atoms with van der Waals surface area (Å²) in [6, 6.07) is 8.39. The summed E-state index contributed by atoms with van der Waals surface area (Å²) in [5.41, 5.74) is 1.18. The van der Waals surface area contributed by atoms with Crippen LogP contribution >= 0.6 is 0 Å². The van der Waals surface area contributed by atoms with E-state index >= 15 is 0 Å². The molecule has 0 bridgehead atoms. The third-order valence-electron chi connectivity index (χ3n) is 5.02. The van der Waals surface area contributed by atoms with E-state index in [-0.39, 0.29) is 17.9 Å². The molecular weight excluding hydrogens is 276 g/mol. The first-order valence-electron chi connectivity index (χ1n) is 8.44. The quantitative estimate of drug-likeness (QED) is 0.878. The number of likely N-dealkylation sites (tertiary alicyclic amines) is 1. The molecule has 1 aromatic carbocycles. The third kappa shape index (κ3) is 3.27. The second kappa shape index (κ2) is 7.14. The number of ether oxygens (including phenoxy) is 1. The number of carbonyl (C=O) groups is 1. The predicted octanol–water partition coefficient (Wildman–Crippen LogP) is 2.75. The van der Waals surface area contributed by atoms with E-state index in [1.807, 2.05) is 12.1 Å². The Morgan fingerprint density at radius 3 is 2.64 bits per heavy atom. The van der Waals surface area contributed by atoms with Crippen molar-refractivity contribution >= 4 is 5.91 Å². The molecule has 0 spiro atoms. The maximum absolute atomic E-state index is 12.2. The molecule has 1 aliphatic heterocycles. The number of nitrogens with zero attached hydrogens (tertiary/aromatic N) is 1. The molecule has 4 heteroatoms. The fraction of sp³-hybridized carbons (Fsp3) is 0.611. The zero-order valence-electron chi connectivity index (χ0n) is 13.4. The highest BCUT2D eigenvalue weighted by Gasteiger charge is 2.29. The minimum Gasteiger partial charge on any atom is -0.496 e. The van der Waals surface area contributed by atoms with Crippen LogP contribution in [-0.4, -0.2) is 37.6 Å². The second-order valence-corrected chi connectivity index (χ2v) is 6.37. The van der Waals surface area contributed by atoms with Crippen molar-refractivity contribution < 1.29 is 9.53 Å². The summed E-state index contributed by atoms with van der Waals surface area (Å²) >= 11 is 0. The van der Waals surface area contributed by atoms with E-state index in [9.17, 15) is 4.79 Å². The van der Waals surface area contributed by atoms with Crippen molar-refractivity contribution in [2.24, 2.45) is 5.92 Å². The van der Waals surface area contributed by atoms with Crippen molar-refractivity contribution in [3.05, 3.63) is 29.8 Å². The van der Waals surface area contributed by atoms with Crippen LogP contribution in [0.1, 0.15) is 43.7 Å². The van der Waals surface area contributed by atoms with Gasteiger partial charge in [-0.3, -0.25) is 9.69 Å². The van der Waals surface area contributed by atoms with Gasteiger partial charge in [0, 0.05) is 18.0 Å². The summed E-state index contributed by atoms with van der Waals surface area (Å²) < 4.78 is 5.53. The highest BCUT2D eigenvalue weighted by Crippen LogP contribution is 2.32. The Balaban J connectivity index is 1.72. The Morgan fingerprint density at radius 1 is 1.27 bits per heavy atom.